The standard InChI is InChI=1S/C11H7Cl2F5N2/c12-3-9-19-7-1-5(13)6(14)2-8(7)20(9)4-11(17,18)10(15)16/h1-2,10H,3-4H2. The lowest BCUT2D eigenvalue weighted by Gasteiger charge is -2.17. The lowest BCUT2D eigenvalue weighted by Crippen LogP contribution is -2.32. The van der Waals surface area contributed by atoms with Crippen LogP contribution in [-0.2, 0) is 12.4 Å². The maximum atomic E-state index is 13.4. The van der Waals surface area contributed by atoms with Crippen LogP contribution in [0.25, 0.3) is 11.0 Å². The molecule has 1 aromatic heterocycles. The zero-order valence-electron chi connectivity index (χ0n) is 9.69. The molecule has 0 saturated carbocycles. The van der Waals surface area contributed by atoms with Crippen molar-refractivity contribution in [2.24, 2.45) is 0 Å². The summed E-state index contributed by atoms with van der Waals surface area (Å²) in [6.45, 7) is -1.34. The Balaban J connectivity index is 2.59. The van der Waals surface area contributed by atoms with Gasteiger partial charge in [-0.3, -0.25) is 0 Å². The molecule has 2 nitrogen and oxygen atoms in total. The van der Waals surface area contributed by atoms with E-state index in [0.717, 1.165) is 16.7 Å². The van der Waals surface area contributed by atoms with E-state index in [1.807, 2.05) is 0 Å². The molecule has 0 amide bonds. The van der Waals surface area contributed by atoms with Gasteiger partial charge in [0, 0.05) is 6.07 Å². The van der Waals surface area contributed by atoms with Gasteiger partial charge in [0.05, 0.1) is 28.5 Å². The van der Waals surface area contributed by atoms with Crippen molar-refractivity contribution in [3.63, 3.8) is 0 Å². The number of benzene rings is 1. The van der Waals surface area contributed by atoms with Crippen LogP contribution in [0.4, 0.5) is 22.0 Å². The highest BCUT2D eigenvalue weighted by Gasteiger charge is 2.42. The number of hydrogen-bond acceptors (Lipinski definition) is 1. The van der Waals surface area contributed by atoms with E-state index in [4.69, 9.17) is 23.2 Å². The fourth-order valence-electron chi connectivity index (χ4n) is 1.73. The minimum Gasteiger partial charge on any atom is -0.321 e. The van der Waals surface area contributed by atoms with Crippen molar-refractivity contribution >= 4 is 34.2 Å². The Morgan fingerprint density at radius 2 is 1.95 bits per heavy atom. The van der Waals surface area contributed by atoms with Gasteiger partial charge in [0.15, 0.2) is 0 Å². The van der Waals surface area contributed by atoms with Gasteiger partial charge in [-0.15, -0.1) is 11.6 Å². The molecule has 0 aliphatic rings. The highest BCUT2D eigenvalue weighted by Crippen LogP contribution is 2.30. The van der Waals surface area contributed by atoms with Gasteiger partial charge in [0.1, 0.15) is 11.6 Å². The number of alkyl halides is 5. The minimum atomic E-state index is -4.27. The van der Waals surface area contributed by atoms with E-state index >= 15 is 0 Å². The molecule has 2 aromatic rings. The number of nitrogens with zero attached hydrogens (tertiary/aromatic N) is 2. The molecule has 2 rings (SSSR count). The summed E-state index contributed by atoms with van der Waals surface area (Å²) in [6, 6.07) is 1.99. The Morgan fingerprint density at radius 1 is 1.30 bits per heavy atom. The number of imidazole rings is 1. The smallest absolute Gasteiger partial charge is 0.321 e. The monoisotopic (exact) mass is 332 g/mol. The van der Waals surface area contributed by atoms with Crippen LogP contribution in [0.5, 0.6) is 0 Å². The van der Waals surface area contributed by atoms with E-state index in [1.54, 1.807) is 0 Å². The Morgan fingerprint density at radius 3 is 2.50 bits per heavy atom. The van der Waals surface area contributed by atoms with Crippen LogP contribution in [0.3, 0.4) is 0 Å². The molecule has 0 saturated heterocycles. The molecule has 20 heavy (non-hydrogen) atoms. The average Bonchev–Trinajstić information content (AvgIpc) is 2.67. The highest BCUT2D eigenvalue weighted by atomic mass is 35.5. The third kappa shape index (κ3) is 2.69. The minimum absolute atomic E-state index is 0.0661. The normalized spacial score (nSPS) is 12.6. The van der Waals surface area contributed by atoms with Crippen LogP contribution in [0.1, 0.15) is 5.82 Å². The quantitative estimate of drug-likeness (QED) is 0.596. The van der Waals surface area contributed by atoms with Gasteiger partial charge in [-0.25, -0.2) is 18.2 Å². The van der Waals surface area contributed by atoms with Crippen molar-refractivity contribution < 1.29 is 22.0 Å². The first-order chi connectivity index (χ1) is 9.26. The Labute approximate surface area is 120 Å². The molecule has 1 aromatic carbocycles. The predicted octanol–water partition coefficient (Wildman–Crippen LogP) is 4.47. The number of aromatic nitrogens is 2. The van der Waals surface area contributed by atoms with Gasteiger partial charge >= 0.3 is 12.3 Å². The molecule has 110 valence electrons. The summed E-state index contributed by atoms with van der Waals surface area (Å²) in [5, 5.41) is -0.246. The van der Waals surface area contributed by atoms with E-state index in [0.29, 0.717) is 0 Å². The first-order valence-corrected chi connectivity index (χ1v) is 6.23. The molecule has 9 heteroatoms. The number of hydrogen-bond donors (Lipinski definition) is 0. The lowest BCUT2D eigenvalue weighted by atomic mass is 10.3. The molecule has 0 radical (unpaired) electrons. The van der Waals surface area contributed by atoms with E-state index in [1.165, 1.54) is 0 Å². The average molecular weight is 333 g/mol. The molecule has 1 heterocycles. The van der Waals surface area contributed by atoms with E-state index in [2.05, 4.69) is 4.98 Å². The lowest BCUT2D eigenvalue weighted by molar-refractivity contribution is -0.137. The van der Waals surface area contributed by atoms with Gasteiger partial charge in [0.25, 0.3) is 0 Å². The van der Waals surface area contributed by atoms with Gasteiger partial charge < -0.3 is 4.57 Å². The van der Waals surface area contributed by atoms with Crippen molar-refractivity contribution in [2.75, 3.05) is 0 Å². The van der Waals surface area contributed by atoms with Crippen LogP contribution in [0.2, 0.25) is 5.02 Å². The van der Waals surface area contributed by atoms with E-state index < -0.39 is 24.7 Å². The van der Waals surface area contributed by atoms with Crippen molar-refractivity contribution in [3.8, 4) is 0 Å². The van der Waals surface area contributed by atoms with Crippen LogP contribution < -0.4 is 0 Å². The highest BCUT2D eigenvalue weighted by molar-refractivity contribution is 6.31. The van der Waals surface area contributed by atoms with Gasteiger partial charge in [-0.05, 0) is 6.07 Å². The predicted molar refractivity (Wildman–Crippen MR) is 65.2 cm³/mol. The summed E-state index contributed by atoms with van der Waals surface area (Å²) in [5.74, 6) is -5.48. The number of rotatable bonds is 4. The molecule has 0 atom stereocenters. The summed E-state index contributed by atoms with van der Waals surface area (Å²) in [7, 11) is 0. The van der Waals surface area contributed by atoms with Crippen molar-refractivity contribution in [2.45, 2.75) is 24.8 Å². The molecule has 0 N–H and O–H groups in total. The number of fused-ring (bicyclic) bond motifs is 1. The Kier molecular flexibility index (Phi) is 4.11. The third-order valence-electron chi connectivity index (χ3n) is 2.68. The van der Waals surface area contributed by atoms with Crippen molar-refractivity contribution in [3.05, 3.63) is 28.8 Å². The molecule has 0 spiro atoms. The van der Waals surface area contributed by atoms with E-state index in [9.17, 15) is 22.0 Å². The summed E-state index contributed by atoms with van der Waals surface area (Å²) in [6.07, 6.45) is -3.85. The maximum absolute atomic E-state index is 13.4. The van der Waals surface area contributed by atoms with Crippen LogP contribution >= 0.6 is 23.2 Å². The maximum Gasteiger partial charge on any atom is 0.324 e. The first-order valence-electron chi connectivity index (χ1n) is 5.32. The Bertz CT molecular complexity index is 641. The summed E-state index contributed by atoms with van der Waals surface area (Å²) in [5.41, 5.74) is 0.0417. The fourth-order valence-corrected chi connectivity index (χ4v) is 2.09. The second kappa shape index (κ2) is 5.37. The molecule has 0 unspecified atom stereocenters. The zero-order valence-corrected chi connectivity index (χ0v) is 11.2. The zero-order chi connectivity index (χ0) is 15.1. The first kappa shape index (κ1) is 15.3. The molecular weight excluding hydrogens is 326 g/mol. The second-order valence-corrected chi connectivity index (χ2v) is 4.74. The Hall–Kier alpha value is -1.08. The van der Waals surface area contributed by atoms with Gasteiger partial charge in [0.2, 0.25) is 0 Å². The molecule has 0 fully saturated rings. The summed E-state index contributed by atoms with van der Waals surface area (Å²) >= 11 is 11.1. The molecular formula is C11H7Cl2F5N2. The van der Waals surface area contributed by atoms with Gasteiger partial charge in [-0.1, -0.05) is 11.6 Å². The largest absolute Gasteiger partial charge is 0.324 e. The van der Waals surface area contributed by atoms with Crippen LogP contribution in [0, 0.1) is 5.82 Å². The molecule has 0 aliphatic heterocycles. The van der Waals surface area contributed by atoms with Crippen molar-refractivity contribution in [1.82, 2.24) is 9.55 Å². The number of halogens is 7. The third-order valence-corrected chi connectivity index (χ3v) is 3.21. The SMILES string of the molecule is Fc1cc2c(cc1Cl)nc(CCl)n2CC(F)(F)C(F)F. The van der Waals surface area contributed by atoms with Crippen LogP contribution in [-0.4, -0.2) is 21.9 Å². The van der Waals surface area contributed by atoms with Crippen molar-refractivity contribution in [1.29, 1.82) is 0 Å². The topological polar surface area (TPSA) is 17.8 Å². The fraction of sp³-hybridized carbons (Fsp3) is 0.364. The summed E-state index contributed by atoms with van der Waals surface area (Å²) in [4.78, 5) is 3.88. The van der Waals surface area contributed by atoms with E-state index in [-0.39, 0.29) is 27.8 Å². The summed E-state index contributed by atoms with van der Waals surface area (Å²) < 4.78 is 65.1. The second-order valence-electron chi connectivity index (χ2n) is 4.06. The molecule has 0 bridgehead atoms. The van der Waals surface area contributed by atoms with Gasteiger partial charge in [-0.2, -0.15) is 8.78 Å². The molecule has 0 aliphatic carbocycles. The van der Waals surface area contributed by atoms with Crippen LogP contribution in [0.15, 0.2) is 12.1 Å².